The van der Waals surface area contributed by atoms with Crippen LogP contribution in [0.15, 0.2) is 48.5 Å². The monoisotopic (exact) mass is 430 g/mol. The topological polar surface area (TPSA) is 127 Å². The summed E-state index contributed by atoms with van der Waals surface area (Å²) in [6.07, 6.45) is 0.286. The first-order valence-corrected chi connectivity index (χ1v) is 11.7. The highest BCUT2D eigenvalue weighted by molar-refractivity contribution is 7.86. The van der Waals surface area contributed by atoms with Gasteiger partial charge in [0.1, 0.15) is 11.5 Å². The fraction of sp³-hybridized carbons (Fsp3) is 0.333. The molecule has 0 unspecified atom stereocenters. The van der Waals surface area contributed by atoms with Gasteiger partial charge in [-0.1, -0.05) is 30.3 Å². The molecule has 154 valence electrons. The van der Waals surface area contributed by atoms with Crippen LogP contribution in [0.25, 0.3) is 11.1 Å². The fourth-order valence-corrected chi connectivity index (χ4v) is 3.39. The van der Waals surface area contributed by atoms with Gasteiger partial charge in [0.15, 0.2) is 0 Å². The average Bonchev–Trinajstić information content (AvgIpc) is 2.62. The Bertz CT molecular complexity index is 970. The molecule has 2 aromatic rings. The molecular weight excluding hydrogens is 408 g/mol. The molecule has 0 amide bonds. The molecule has 0 aliphatic rings. The van der Waals surface area contributed by atoms with Crippen LogP contribution in [0.5, 0.6) is 11.5 Å². The molecule has 0 atom stereocenters. The van der Waals surface area contributed by atoms with Crippen molar-refractivity contribution in [2.45, 2.75) is 12.8 Å². The van der Waals surface area contributed by atoms with E-state index < -0.39 is 20.2 Å². The van der Waals surface area contributed by atoms with E-state index in [1.54, 1.807) is 18.2 Å². The van der Waals surface area contributed by atoms with Crippen molar-refractivity contribution < 1.29 is 35.4 Å². The summed E-state index contributed by atoms with van der Waals surface area (Å²) >= 11 is 0. The minimum absolute atomic E-state index is 0.105. The van der Waals surface area contributed by atoms with Crippen molar-refractivity contribution in [1.82, 2.24) is 0 Å². The smallest absolute Gasteiger partial charge is 0.264 e. The Balaban J connectivity index is 2.09. The van der Waals surface area contributed by atoms with Crippen LogP contribution in [0.2, 0.25) is 0 Å². The molecule has 2 aromatic carbocycles. The van der Waals surface area contributed by atoms with Crippen molar-refractivity contribution in [3.8, 4) is 22.6 Å². The predicted octanol–water partition coefficient (Wildman–Crippen LogP) is 2.67. The molecule has 0 saturated carbocycles. The summed E-state index contributed by atoms with van der Waals surface area (Å²) in [6, 6.07) is 14.4. The number of benzene rings is 2. The second-order valence-corrected chi connectivity index (χ2v) is 9.14. The largest absolute Gasteiger partial charge is 0.494 e. The standard InChI is InChI=1S/C18H22O8S2/c19-27(20,21)12-4-10-25-16-8-9-18(26-11-5-13-28(22,23)24)17(14-16)15-6-2-1-3-7-15/h1-3,6-9,14H,4-5,10-13H2,(H,19,20,21)(H,22,23,24). The lowest BCUT2D eigenvalue weighted by Crippen LogP contribution is -2.09. The molecule has 0 fully saturated rings. The molecule has 8 nitrogen and oxygen atoms in total. The molecule has 0 heterocycles. The molecule has 2 N–H and O–H groups in total. The maximum atomic E-state index is 10.8. The molecule has 0 aromatic heterocycles. The van der Waals surface area contributed by atoms with Crippen LogP contribution in [0, 0.1) is 0 Å². The summed E-state index contributed by atoms with van der Waals surface area (Å²) in [6.45, 7) is 0.219. The van der Waals surface area contributed by atoms with Gasteiger partial charge in [0.25, 0.3) is 20.2 Å². The molecule has 0 bridgehead atoms. The van der Waals surface area contributed by atoms with Gasteiger partial charge in [-0.05, 0) is 36.6 Å². The number of hydrogen-bond acceptors (Lipinski definition) is 6. The van der Waals surface area contributed by atoms with Crippen LogP contribution in [0.4, 0.5) is 0 Å². The summed E-state index contributed by atoms with van der Waals surface area (Å²) in [5.74, 6) is 0.252. The van der Waals surface area contributed by atoms with Crippen molar-refractivity contribution in [3.63, 3.8) is 0 Å². The van der Waals surface area contributed by atoms with Crippen molar-refractivity contribution in [1.29, 1.82) is 0 Å². The molecule has 0 radical (unpaired) electrons. The van der Waals surface area contributed by atoms with Gasteiger partial charge in [0.2, 0.25) is 0 Å². The van der Waals surface area contributed by atoms with Crippen molar-refractivity contribution in [2.24, 2.45) is 0 Å². The normalized spacial score (nSPS) is 11.9. The second kappa shape index (κ2) is 9.87. The zero-order chi connectivity index (χ0) is 20.6. The van der Waals surface area contributed by atoms with E-state index in [-0.39, 0.29) is 37.6 Å². The minimum Gasteiger partial charge on any atom is -0.494 e. The fourth-order valence-electron chi connectivity index (χ4n) is 2.42. The third kappa shape index (κ3) is 8.26. The third-order valence-electron chi connectivity index (χ3n) is 3.66. The molecule has 0 aliphatic carbocycles. The summed E-state index contributed by atoms with van der Waals surface area (Å²) in [5, 5.41) is 0. The Labute approximate surface area is 164 Å². The molecule has 0 saturated heterocycles. The highest BCUT2D eigenvalue weighted by Gasteiger charge is 2.11. The lowest BCUT2D eigenvalue weighted by molar-refractivity contribution is 0.308. The van der Waals surface area contributed by atoms with Crippen LogP contribution < -0.4 is 9.47 Å². The second-order valence-electron chi connectivity index (χ2n) is 6.00. The molecule has 0 spiro atoms. The first kappa shape index (κ1) is 22.2. The van der Waals surface area contributed by atoms with Gasteiger partial charge in [-0.3, -0.25) is 9.11 Å². The maximum Gasteiger partial charge on any atom is 0.264 e. The van der Waals surface area contributed by atoms with E-state index >= 15 is 0 Å². The van der Waals surface area contributed by atoms with E-state index in [1.807, 2.05) is 30.3 Å². The Morgan fingerprint density at radius 1 is 0.750 bits per heavy atom. The lowest BCUT2D eigenvalue weighted by atomic mass is 10.0. The highest BCUT2D eigenvalue weighted by Crippen LogP contribution is 2.33. The van der Waals surface area contributed by atoms with Crippen LogP contribution in [0.1, 0.15) is 12.8 Å². The predicted molar refractivity (Wildman–Crippen MR) is 105 cm³/mol. The zero-order valence-corrected chi connectivity index (χ0v) is 16.7. The van der Waals surface area contributed by atoms with E-state index in [9.17, 15) is 16.8 Å². The first-order valence-electron chi connectivity index (χ1n) is 8.49. The van der Waals surface area contributed by atoms with Gasteiger partial charge in [-0.15, -0.1) is 0 Å². The van der Waals surface area contributed by atoms with E-state index in [1.165, 1.54) is 0 Å². The van der Waals surface area contributed by atoms with Gasteiger partial charge < -0.3 is 9.47 Å². The van der Waals surface area contributed by atoms with Crippen molar-refractivity contribution in [3.05, 3.63) is 48.5 Å². The minimum atomic E-state index is -4.03. The molecule has 2 rings (SSSR count). The van der Waals surface area contributed by atoms with E-state index in [0.717, 1.165) is 11.1 Å². The van der Waals surface area contributed by atoms with Crippen LogP contribution in [-0.4, -0.2) is 50.7 Å². The summed E-state index contributed by atoms with van der Waals surface area (Å²) in [4.78, 5) is 0. The Hall–Kier alpha value is -2.14. The van der Waals surface area contributed by atoms with Crippen LogP contribution in [-0.2, 0) is 20.2 Å². The quantitative estimate of drug-likeness (QED) is 0.411. The number of rotatable bonds is 11. The Kier molecular flexibility index (Phi) is 7.81. The Morgan fingerprint density at radius 2 is 1.32 bits per heavy atom. The number of hydrogen-bond donors (Lipinski definition) is 2. The van der Waals surface area contributed by atoms with E-state index in [4.69, 9.17) is 18.6 Å². The lowest BCUT2D eigenvalue weighted by Gasteiger charge is -2.14. The molecular formula is C18H22O8S2. The molecule has 10 heteroatoms. The van der Waals surface area contributed by atoms with Crippen molar-refractivity contribution >= 4 is 20.2 Å². The first-order chi connectivity index (χ1) is 13.1. The summed E-state index contributed by atoms with van der Waals surface area (Å²) in [7, 11) is -8.05. The summed E-state index contributed by atoms with van der Waals surface area (Å²) in [5.41, 5.74) is 1.58. The Morgan fingerprint density at radius 3 is 1.89 bits per heavy atom. The van der Waals surface area contributed by atoms with Gasteiger partial charge in [-0.2, -0.15) is 16.8 Å². The van der Waals surface area contributed by atoms with Gasteiger partial charge in [0, 0.05) is 5.56 Å². The maximum absolute atomic E-state index is 10.8. The zero-order valence-electron chi connectivity index (χ0n) is 15.0. The van der Waals surface area contributed by atoms with Crippen LogP contribution in [0.3, 0.4) is 0 Å². The number of ether oxygens (including phenoxy) is 2. The van der Waals surface area contributed by atoms with Crippen LogP contribution >= 0.6 is 0 Å². The van der Waals surface area contributed by atoms with Gasteiger partial charge in [0.05, 0.1) is 24.7 Å². The van der Waals surface area contributed by atoms with E-state index in [2.05, 4.69) is 0 Å². The van der Waals surface area contributed by atoms with Gasteiger partial charge >= 0.3 is 0 Å². The third-order valence-corrected chi connectivity index (χ3v) is 5.26. The summed E-state index contributed by atoms with van der Waals surface area (Å²) < 4.78 is 71.8. The SMILES string of the molecule is O=S(=O)(O)CCCOc1ccc(OCCCS(=O)(=O)O)c(-c2ccccc2)c1. The average molecular weight is 431 g/mol. The van der Waals surface area contributed by atoms with Crippen molar-refractivity contribution in [2.75, 3.05) is 24.7 Å². The highest BCUT2D eigenvalue weighted by atomic mass is 32.2. The van der Waals surface area contributed by atoms with E-state index in [0.29, 0.717) is 11.5 Å². The van der Waals surface area contributed by atoms with Gasteiger partial charge in [-0.25, -0.2) is 0 Å². The molecule has 28 heavy (non-hydrogen) atoms. The molecule has 0 aliphatic heterocycles.